The molecule has 0 aromatic carbocycles. The summed E-state index contributed by atoms with van der Waals surface area (Å²) in [4.78, 5) is 3.69. The highest BCUT2D eigenvalue weighted by molar-refractivity contribution is 5.63. The molecule has 0 amide bonds. The molecule has 4 heterocycles. The summed E-state index contributed by atoms with van der Waals surface area (Å²) in [6.07, 6.45) is -1.11. The van der Waals surface area contributed by atoms with E-state index in [1.165, 1.54) is 6.20 Å². The second-order valence-corrected chi connectivity index (χ2v) is 6.25. The van der Waals surface area contributed by atoms with E-state index in [2.05, 4.69) is 15.4 Å². The highest BCUT2D eigenvalue weighted by Gasteiger charge is 2.43. The fourth-order valence-corrected chi connectivity index (χ4v) is 3.62. The number of nitrogen functional groups attached to an aromatic ring is 1. The van der Waals surface area contributed by atoms with E-state index < -0.39 is 17.6 Å². The number of hydrogen-bond donors (Lipinski definition) is 2. The average molecular weight is 323 g/mol. The fourth-order valence-electron chi connectivity index (χ4n) is 3.62. The smallest absolute Gasteiger partial charge is 0.383 e. The fraction of sp³-hybridized carbons (Fsp3) is 0.467. The molecule has 2 aromatic heterocycles. The molecule has 8 heteroatoms. The SMILES string of the molecule is Nc1ncc(-c2cc3n(n2)CCC32CCNC2)cc1C(F)(F)F. The van der Waals surface area contributed by atoms with Crippen LogP contribution in [0.2, 0.25) is 0 Å². The standard InChI is InChI=1S/C15H16F3N5/c16-15(17,18)10-5-9(7-21-13(10)19)11-6-12-14(1-3-20-8-14)2-4-23(12)22-11/h5-7,20H,1-4,8H2,(H2,19,21). The van der Waals surface area contributed by atoms with Crippen molar-refractivity contribution in [1.29, 1.82) is 0 Å². The Morgan fingerprint density at radius 3 is 2.78 bits per heavy atom. The van der Waals surface area contributed by atoms with E-state index in [0.717, 1.165) is 44.2 Å². The Morgan fingerprint density at radius 1 is 1.26 bits per heavy atom. The second-order valence-electron chi connectivity index (χ2n) is 6.25. The summed E-state index contributed by atoms with van der Waals surface area (Å²) < 4.78 is 40.9. The van der Waals surface area contributed by atoms with Crippen molar-refractivity contribution >= 4 is 5.82 Å². The van der Waals surface area contributed by atoms with E-state index in [4.69, 9.17) is 5.73 Å². The van der Waals surface area contributed by atoms with Crippen LogP contribution in [0.3, 0.4) is 0 Å². The maximum absolute atomic E-state index is 13.0. The molecule has 0 saturated carbocycles. The third-order valence-corrected chi connectivity index (χ3v) is 4.89. The lowest BCUT2D eigenvalue weighted by atomic mass is 9.82. The Bertz CT molecular complexity index is 759. The number of aromatic nitrogens is 3. The van der Waals surface area contributed by atoms with E-state index in [-0.39, 0.29) is 5.41 Å². The number of pyridine rings is 1. The summed E-state index contributed by atoms with van der Waals surface area (Å²) in [6, 6.07) is 2.92. The first-order valence-electron chi connectivity index (χ1n) is 7.51. The van der Waals surface area contributed by atoms with Gasteiger partial charge in [-0.3, -0.25) is 4.68 Å². The maximum Gasteiger partial charge on any atom is 0.419 e. The van der Waals surface area contributed by atoms with Gasteiger partial charge in [0.2, 0.25) is 0 Å². The summed E-state index contributed by atoms with van der Waals surface area (Å²) in [5, 5.41) is 7.84. The van der Waals surface area contributed by atoms with E-state index in [0.29, 0.717) is 11.3 Å². The molecule has 1 fully saturated rings. The molecule has 1 atom stereocenters. The number of nitrogens with zero attached hydrogens (tertiary/aromatic N) is 3. The van der Waals surface area contributed by atoms with Crippen LogP contribution >= 0.6 is 0 Å². The van der Waals surface area contributed by atoms with Crippen LogP contribution in [0.25, 0.3) is 11.3 Å². The van der Waals surface area contributed by atoms with Crippen LogP contribution in [0.5, 0.6) is 0 Å². The van der Waals surface area contributed by atoms with Gasteiger partial charge in [0.05, 0.1) is 11.3 Å². The highest BCUT2D eigenvalue weighted by Crippen LogP contribution is 2.42. The molecule has 2 aliphatic rings. The van der Waals surface area contributed by atoms with E-state index in [1.54, 1.807) is 0 Å². The molecule has 3 N–H and O–H groups in total. The Labute approximate surface area is 130 Å². The van der Waals surface area contributed by atoms with Gasteiger partial charge < -0.3 is 11.1 Å². The van der Waals surface area contributed by atoms with E-state index in [9.17, 15) is 13.2 Å². The number of alkyl halides is 3. The van der Waals surface area contributed by atoms with Gasteiger partial charge in [-0.15, -0.1) is 0 Å². The molecular weight excluding hydrogens is 307 g/mol. The number of hydrogen-bond acceptors (Lipinski definition) is 4. The summed E-state index contributed by atoms with van der Waals surface area (Å²) in [5.41, 5.74) is 6.47. The monoisotopic (exact) mass is 323 g/mol. The quantitative estimate of drug-likeness (QED) is 0.844. The van der Waals surface area contributed by atoms with E-state index in [1.807, 2.05) is 10.7 Å². The maximum atomic E-state index is 13.0. The van der Waals surface area contributed by atoms with E-state index >= 15 is 0 Å². The van der Waals surface area contributed by atoms with Gasteiger partial charge in [-0.1, -0.05) is 0 Å². The molecule has 23 heavy (non-hydrogen) atoms. The molecule has 2 aliphatic heterocycles. The van der Waals surface area contributed by atoms with Crippen molar-refractivity contribution in [3.05, 3.63) is 29.6 Å². The largest absolute Gasteiger partial charge is 0.419 e. The zero-order valence-corrected chi connectivity index (χ0v) is 12.3. The molecule has 1 saturated heterocycles. The van der Waals surface area contributed by atoms with Crippen LogP contribution < -0.4 is 11.1 Å². The van der Waals surface area contributed by atoms with Crippen molar-refractivity contribution in [3.8, 4) is 11.3 Å². The first kappa shape index (κ1) is 14.5. The minimum atomic E-state index is -4.52. The first-order chi connectivity index (χ1) is 10.9. The number of nitrogens with two attached hydrogens (primary N) is 1. The molecule has 0 bridgehead atoms. The van der Waals surface area contributed by atoms with Gasteiger partial charge in [-0.2, -0.15) is 18.3 Å². The van der Waals surface area contributed by atoms with Gasteiger partial charge >= 0.3 is 6.18 Å². The first-order valence-corrected chi connectivity index (χ1v) is 7.51. The normalized spacial score (nSPS) is 23.6. The molecule has 5 nitrogen and oxygen atoms in total. The van der Waals surface area contributed by atoms with Crippen LogP contribution in [-0.4, -0.2) is 27.9 Å². The van der Waals surface area contributed by atoms with Crippen molar-refractivity contribution in [2.45, 2.75) is 31.0 Å². The topological polar surface area (TPSA) is 68.8 Å². The van der Waals surface area contributed by atoms with Crippen LogP contribution in [-0.2, 0) is 18.1 Å². The summed E-state index contributed by atoms with van der Waals surface area (Å²) in [6.45, 7) is 2.65. The lowest BCUT2D eigenvalue weighted by Gasteiger charge is -2.20. The van der Waals surface area contributed by atoms with Crippen molar-refractivity contribution in [1.82, 2.24) is 20.1 Å². The zero-order chi connectivity index (χ0) is 16.2. The number of aryl methyl sites for hydroxylation is 1. The van der Waals surface area contributed by atoms with Crippen LogP contribution in [0.1, 0.15) is 24.1 Å². The summed E-state index contributed by atoms with van der Waals surface area (Å²) >= 11 is 0. The van der Waals surface area contributed by atoms with Crippen molar-refractivity contribution in [3.63, 3.8) is 0 Å². The average Bonchev–Trinajstić information content (AvgIpc) is 3.18. The zero-order valence-electron chi connectivity index (χ0n) is 12.3. The lowest BCUT2D eigenvalue weighted by Crippen LogP contribution is -2.25. The number of anilines is 1. The van der Waals surface area contributed by atoms with Gasteiger partial charge in [-0.25, -0.2) is 4.98 Å². The minimum absolute atomic E-state index is 0.0688. The lowest BCUT2D eigenvalue weighted by molar-refractivity contribution is -0.137. The second kappa shape index (κ2) is 4.70. The number of nitrogens with one attached hydrogen (secondary N) is 1. The highest BCUT2D eigenvalue weighted by atomic mass is 19.4. The molecule has 0 radical (unpaired) electrons. The molecule has 1 spiro atoms. The third kappa shape index (κ3) is 2.20. The predicted octanol–water partition coefficient (Wildman–Crippen LogP) is 2.18. The van der Waals surface area contributed by atoms with Crippen molar-refractivity contribution in [2.75, 3.05) is 18.8 Å². The molecule has 4 rings (SSSR count). The Morgan fingerprint density at radius 2 is 2.09 bits per heavy atom. The molecule has 122 valence electrons. The van der Waals surface area contributed by atoms with Crippen molar-refractivity contribution in [2.24, 2.45) is 0 Å². The molecule has 1 unspecified atom stereocenters. The summed E-state index contributed by atoms with van der Waals surface area (Å²) in [5.74, 6) is -0.510. The number of rotatable bonds is 1. The molecular formula is C15H16F3N5. The van der Waals surface area contributed by atoms with Gasteiger partial charge in [0.15, 0.2) is 0 Å². The predicted molar refractivity (Wildman–Crippen MR) is 78.7 cm³/mol. The van der Waals surface area contributed by atoms with Gasteiger partial charge in [0.1, 0.15) is 5.82 Å². The third-order valence-electron chi connectivity index (χ3n) is 4.89. The summed E-state index contributed by atoms with van der Waals surface area (Å²) in [7, 11) is 0. The van der Waals surface area contributed by atoms with Crippen LogP contribution in [0.4, 0.5) is 19.0 Å². The van der Waals surface area contributed by atoms with Gasteiger partial charge in [0.25, 0.3) is 0 Å². The number of halogens is 3. The Balaban J connectivity index is 1.76. The van der Waals surface area contributed by atoms with Crippen molar-refractivity contribution < 1.29 is 13.2 Å². The van der Waals surface area contributed by atoms with Crippen LogP contribution in [0.15, 0.2) is 18.3 Å². The molecule has 2 aromatic rings. The van der Waals surface area contributed by atoms with Gasteiger partial charge in [-0.05, 0) is 31.5 Å². The minimum Gasteiger partial charge on any atom is -0.383 e. The Kier molecular flexibility index (Phi) is 2.96. The van der Waals surface area contributed by atoms with Gasteiger partial charge in [0, 0.05) is 36.0 Å². The van der Waals surface area contributed by atoms with Crippen LogP contribution in [0, 0.1) is 0 Å². The Hall–Kier alpha value is -2.09. The molecule has 0 aliphatic carbocycles. The number of fused-ring (bicyclic) bond motifs is 2.